The zero-order valence-electron chi connectivity index (χ0n) is 10.5. The molecule has 2 nitrogen and oxygen atoms in total. The number of carbonyl (C=O) groups is 1. The normalized spacial score (nSPS) is 13.6. The number of nitrogens with zero attached hydrogens (tertiary/aromatic N) is 1. The molecule has 1 aromatic carbocycles. The summed E-state index contributed by atoms with van der Waals surface area (Å²) in [5.41, 5.74) is 2.70. The third-order valence-electron chi connectivity index (χ3n) is 2.79. The average Bonchev–Trinajstić information content (AvgIpc) is 2.39. The molecule has 0 saturated heterocycles. The highest BCUT2D eigenvalue weighted by Gasteiger charge is 2.18. The Morgan fingerprint density at radius 2 is 1.88 bits per heavy atom. The zero-order chi connectivity index (χ0) is 12.0. The van der Waals surface area contributed by atoms with E-state index in [0.717, 1.165) is 19.5 Å². The maximum absolute atomic E-state index is 11.5. The van der Waals surface area contributed by atoms with Gasteiger partial charge in [0.1, 0.15) is 0 Å². The summed E-state index contributed by atoms with van der Waals surface area (Å²) in [6.07, 6.45) is 1.62. The van der Waals surface area contributed by atoms with Crippen molar-refractivity contribution in [3.05, 3.63) is 35.4 Å². The van der Waals surface area contributed by atoms with Crippen LogP contribution in [0.1, 0.15) is 38.3 Å². The van der Waals surface area contributed by atoms with E-state index in [1.807, 2.05) is 31.7 Å². The molecule has 0 aliphatic carbocycles. The molecule has 0 unspecified atom stereocenters. The van der Waals surface area contributed by atoms with Crippen LogP contribution >= 0.6 is 0 Å². The molecule has 0 fully saturated rings. The van der Waals surface area contributed by atoms with Crippen LogP contribution in [0.15, 0.2) is 24.3 Å². The predicted molar refractivity (Wildman–Crippen MR) is 67.2 cm³/mol. The molecule has 0 aromatic heterocycles. The van der Waals surface area contributed by atoms with E-state index in [2.05, 4.69) is 18.2 Å². The van der Waals surface area contributed by atoms with Crippen LogP contribution in [0, 0.1) is 0 Å². The first-order valence-electron chi connectivity index (χ1n) is 6.16. The molecule has 2 heteroatoms. The van der Waals surface area contributed by atoms with Crippen LogP contribution in [0.3, 0.4) is 0 Å². The Morgan fingerprint density at radius 1 is 1.25 bits per heavy atom. The Bertz CT molecular complexity index is 346. The van der Waals surface area contributed by atoms with Gasteiger partial charge in [0, 0.05) is 19.5 Å². The molecule has 1 aliphatic rings. The zero-order valence-corrected chi connectivity index (χ0v) is 10.5. The van der Waals surface area contributed by atoms with Gasteiger partial charge in [-0.2, -0.15) is 0 Å². The number of rotatable bonds is 1. The van der Waals surface area contributed by atoms with Crippen LogP contribution in [0.5, 0.6) is 0 Å². The third-order valence-corrected chi connectivity index (χ3v) is 2.79. The van der Waals surface area contributed by atoms with E-state index in [1.54, 1.807) is 0 Å². The molecule has 16 heavy (non-hydrogen) atoms. The van der Waals surface area contributed by atoms with Crippen LogP contribution in [0.25, 0.3) is 0 Å². The quantitative estimate of drug-likeness (QED) is 0.711. The minimum absolute atomic E-state index is 0.263. The van der Waals surface area contributed by atoms with Crippen molar-refractivity contribution >= 4 is 5.91 Å². The van der Waals surface area contributed by atoms with Crippen molar-refractivity contribution in [2.75, 3.05) is 6.54 Å². The Labute approximate surface area is 98.3 Å². The summed E-state index contributed by atoms with van der Waals surface area (Å²) in [5, 5.41) is 0. The molecule has 0 radical (unpaired) electrons. The largest absolute Gasteiger partial charge is 0.338 e. The minimum atomic E-state index is 0.263. The van der Waals surface area contributed by atoms with E-state index >= 15 is 0 Å². The second-order valence-electron chi connectivity index (χ2n) is 3.69. The van der Waals surface area contributed by atoms with Crippen LogP contribution in [-0.2, 0) is 17.8 Å². The van der Waals surface area contributed by atoms with E-state index in [-0.39, 0.29) is 5.91 Å². The minimum Gasteiger partial charge on any atom is -0.338 e. The third kappa shape index (κ3) is 2.84. The highest BCUT2D eigenvalue weighted by Crippen LogP contribution is 2.18. The Morgan fingerprint density at radius 3 is 2.50 bits per heavy atom. The van der Waals surface area contributed by atoms with Crippen LogP contribution < -0.4 is 0 Å². The summed E-state index contributed by atoms with van der Waals surface area (Å²) in [6, 6.07) is 8.38. The number of carbonyl (C=O) groups excluding carboxylic acids is 1. The molecule has 2 rings (SSSR count). The SMILES string of the molecule is CC.CCC(=O)N1CCc2ccccc2C1. The molecule has 88 valence electrons. The molecule has 0 N–H and O–H groups in total. The molecule has 1 aromatic rings. The summed E-state index contributed by atoms with van der Waals surface area (Å²) in [4.78, 5) is 13.4. The Kier molecular flexibility index (Phi) is 5.03. The molecule has 1 heterocycles. The van der Waals surface area contributed by atoms with E-state index in [9.17, 15) is 4.79 Å². The number of hydrogen-bond donors (Lipinski definition) is 0. The van der Waals surface area contributed by atoms with Gasteiger partial charge in [-0.15, -0.1) is 0 Å². The summed E-state index contributed by atoms with van der Waals surface area (Å²) >= 11 is 0. The number of hydrogen-bond acceptors (Lipinski definition) is 1. The van der Waals surface area contributed by atoms with Crippen molar-refractivity contribution in [2.24, 2.45) is 0 Å². The predicted octanol–water partition coefficient (Wildman–Crippen LogP) is 3.01. The lowest BCUT2D eigenvalue weighted by Gasteiger charge is -2.28. The van der Waals surface area contributed by atoms with Crippen molar-refractivity contribution < 1.29 is 4.79 Å². The fourth-order valence-corrected chi connectivity index (χ4v) is 1.93. The molecule has 1 aliphatic heterocycles. The standard InChI is InChI=1S/C12H15NO.C2H6/c1-2-12(14)13-8-7-10-5-3-4-6-11(10)9-13;1-2/h3-6H,2,7-9H2,1H3;1-2H3. The molecular formula is C14H21NO. The van der Waals surface area contributed by atoms with Crippen LogP contribution in [-0.4, -0.2) is 17.4 Å². The van der Waals surface area contributed by atoms with Crippen molar-refractivity contribution in [3.8, 4) is 0 Å². The topological polar surface area (TPSA) is 20.3 Å². The lowest BCUT2D eigenvalue weighted by atomic mass is 10.00. The molecule has 0 saturated carbocycles. The smallest absolute Gasteiger partial charge is 0.222 e. The van der Waals surface area contributed by atoms with Crippen LogP contribution in [0.4, 0.5) is 0 Å². The van der Waals surface area contributed by atoms with Gasteiger partial charge < -0.3 is 4.90 Å². The lowest BCUT2D eigenvalue weighted by Crippen LogP contribution is -2.35. The molecule has 0 atom stereocenters. The second-order valence-corrected chi connectivity index (χ2v) is 3.69. The first-order valence-corrected chi connectivity index (χ1v) is 6.16. The van der Waals surface area contributed by atoms with Crippen molar-refractivity contribution in [2.45, 2.75) is 40.2 Å². The average molecular weight is 219 g/mol. The summed E-state index contributed by atoms with van der Waals surface area (Å²) in [5.74, 6) is 0.263. The Balaban J connectivity index is 0.000000606. The summed E-state index contributed by atoms with van der Waals surface area (Å²) < 4.78 is 0. The molecule has 0 bridgehead atoms. The van der Waals surface area contributed by atoms with E-state index in [1.165, 1.54) is 11.1 Å². The van der Waals surface area contributed by atoms with Gasteiger partial charge in [-0.3, -0.25) is 4.79 Å². The van der Waals surface area contributed by atoms with Gasteiger partial charge in [0.05, 0.1) is 0 Å². The maximum atomic E-state index is 11.5. The van der Waals surface area contributed by atoms with Crippen molar-refractivity contribution in [3.63, 3.8) is 0 Å². The second kappa shape index (κ2) is 6.31. The van der Waals surface area contributed by atoms with Crippen LogP contribution in [0.2, 0.25) is 0 Å². The van der Waals surface area contributed by atoms with Gasteiger partial charge in [0.2, 0.25) is 5.91 Å². The summed E-state index contributed by atoms with van der Waals surface area (Å²) in [7, 11) is 0. The highest BCUT2D eigenvalue weighted by atomic mass is 16.2. The van der Waals surface area contributed by atoms with E-state index in [0.29, 0.717) is 6.42 Å². The summed E-state index contributed by atoms with van der Waals surface area (Å²) in [6.45, 7) is 7.59. The van der Waals surface area contributed by atoms with E-state index in [4.69, 9.17) is 0 Å². The first kappa shape index (κ1) is 12.8. The van der Waals surface area contributed by atoms with Gasteiger partial charge in [-0.05, 0) is 17.5 Å². The van der Waals surface area contributed by atoms with Crippen molar-refractivity contribution in [1.29, 1.82) is 0 Å². The number of amides is 1. The van der Waals surface area contributed by atoms with Gasteiger partial charge in [-0.1, -0.05) is 45.0 Å². The molecular weight excluding hydrogens is 198 g/mol. The first-order chi connectivity index (χ1) is 7.81. The monoisotopic (exact) mass is 219 g/mol. The van der Waals surface area contributed by atoms with Gasteiger partial charge in [0.25, 0.3) is 0 Å². The number of benzene rings is 1. The Hall–Kier alpha value is -1.31. The maximum Gasteiger partial charge on any atom is 0.222 e. The fourth-order valence-electron chi connectivity index (χ4n) is 1.93. The van der Waals surface area contributed by atoms with Crippen molar-refractivity contribution in [1.82, 2.24) is 4.90 Å². The molecule has 1 amide bonds. The fraction of sp³-hybridized carbons (Fsp3) is 0.500. The van der Waals surface area contributed by atoms with Gasteiger partial charge in [-0.25, -0.2) is 0 Å². The molecule has 0 spiro atoms. The number of fused-ring (bicyclic) bond motifs is 1. The van der Waals surface area contributed by atoms with Gasteiger partial charge >= 0.3 is 0 Å². The lowest BCUT2D eigenvalue weighted by molar-refractivity contribution is -0.131. The van der Waals surface area contributed by atoms with E-state index < -0.39 is 0 Å². The van der Waals surface area contributed by atoms with Gasteiger partial charge in [0.15, 0.2) is 0 Å². The highest BCUT2D eigenvalue weighted by molar-refractivity contribution is 5.76.